The summed E-state index contributed by atoms with van der Waals surface area (Å²) in [7, 11) is -3.21. The van der Waals surface area contributed by atoms with Gasteiger partial charge in [-0.15, -0.1) is 0 Å². The maximum absolute atomic E-state index is 13.3. The number of nitrogens with zero attached hydrogens (tertiary/aromatic N) is 3. The first-order chi connectivity index (χ1) is 17.6. The molecule has 2 unspecified atom stereocenters. The Balaban J connectivity index is 1.11. The number of aromatic nitrogens is 1. The highest BCUT2D eigenvalue weighted by Crippen LogP contribution is 2.55. The van der Waals surface area contributed by atoms with Crippen molar-refractivity contribution in [1.82, 2.24) is 10.3 Å². The van der Waals surface area contributed by atoms with Gasteiger partial charge in [0.25, 0.3) is 5.91 Å². The highest BCUT2D eigenvalue weighted by Gasteiger charge is 2.55. The second-order valence-electron chi connectivity index (χ2n) is 11.8. The second kappa shape index (κ2) is 8.98. The molecule has 1 saturated heterocycles. The highest BCUT2D eigenvalue weighted by atomic mass is 32.2. The normalized spacial score (nSPS) is 33.0. The molecule has 1 aromatic carbocycles. The predicted octanol–water partition coefficient (Wildman–Crippen LogP) is 2.87. The summed E-state index contributed by atoms with van der Waals surface area (Å²) < 4.78 is 23.5. The van der Waals surface area contributed by atoms with E-state index in [1.807, 2.05) is 24.3 Å². The van der Waals surface area contributed by atoms with Gasteiger partial charge in [0.05, 0.1) is 10.5 Å². The predicted molar refractivity (Wildman–Crippen MR) is 143 cm³/mol. The van der Waals surface area contributed by atoms with Gasteiger partial charge in [-0.3, -0.25) is 4.79 Å². The topological polar surface area (TPSA) is 103 Å². The third-order valence-electron chi connectivity index (χ3n) is 9.06. The molecule has 2 aromatic rings. The van der Waals surface area contributed by atoms with Gasteiger partial charge < -0.3 is 20.2 Å². The molecule has 9 heteroatoms. The van der Waals surface area contributed by atoms with E-state index in [9.17, 15) is 18.3 Å². The third kappa shape index (κ3) is 4.72. The van der Waals surface area contributed by atoms with E-state index in [0.29, 0.717) is 28.3 Å². The van der Waals surface area contributed by atoms with E-state index in [4.69, 9.17) is 4.98 Å². The van der Waals surface area contributed by atoms with E-state index in [0.717, 1.165) is 63.2 Å². The summed E-state index contributed by atoms with van der Waals surface area (Å²) in [4.78, 5) is 22.8. The van der Waals surface area contributed by atoms with E-state index in [1.54, 1.807) is 18.2 Å². The largest absolute Gasteiger partial charge is 0.390 e. The van der Waals surface area contributed by atoms with Crippen LogP contribution in [0, 0.1) is 17.8 Å². The summed E-state index contributed by atoms with van der Waals surface area (Å²) in [5.41, 5.74) is 0.931. The van der Waals surface area contributed by atoms with E-state index in [-0.39, 0.29) is 18.0 Å². The summed E-state index contributed by atoms with van der Waals surface area (Å²) in [5, 5.41) is 14.2. The lowest BCUT2D eigenvalue weighted by molar-refractivity contribution is -0.136. The van der Waals surface area contributed by atoms with Gasteiger partial charge in [0.15, 0.2) is 9.84 Å². The molecule has 7 rings (SSSR count). The molecule has 4 aliphatic carbocycles. The summed E-state index contributed by atoms with van der Waals surface area (Å²) in [6, 6.07) is 13.0. The Labute approximate surface area is 219 Å². The molecule has 198 valence electrons. The van der Waals surface area contributed by atoms with Gasteiger partial charge in [-0.25, -0.2) is 13.4 Å². The third-order valence-corrected chi connectivity index (χ3v) is 10.2. The number of carbonyl (C=O) groups excluding carboxylic acids is 1. The molecule has 1 amide bonds. The number of amides is 1. The molecule has 1 aliphatic heterocycles. The number of sulfone groups is 1. The quantitative estimate of drug-likeness (QED) is 0.620. The van der Waals surface area contributed by atoms with E-state index < -0.39 is 15.4 Å². The van der Waals surface area contributed by atoms with Gasteiger partial charge in [-0.1, -0.05) is 6.07 Å². The first kappa shape index (κ1) is 24.7. The van der Waals surface area contributed by atoms with Crippen molar-refractivity contribution in [3.05, 3.63) is 48.2 Å². The number of carbonyl (C=O) groups is 1. The number of aliphatic hydroxyl groups is 1. The van der Waals surface area contributed by atoms with Crippen molar-refractivity contribution >= 4 is 27.2 Å². The van der Waals surface area contributed by atoms with Crippen molar-refractivity contribution in [1.29, 1.82) is 0 Å². The molecular weight excluding hydrogens is 488 g/mol. The molecule has 5 aliphatic rings. The highest BCUT2D eigenvalue weighted by molar-refractivity contribution is 7.90. The average molecular weight is 525 g/mol. The minimum atomic E-state index is -3.21. The Morgan fingerprint density at radius 3 is 2.38 bits per heavy atom. The lowest BCUT2D eigenvalue weighted by atomic mass is 9.52. The molecule has 0 spiro atoms. The van der Waals surface area contributed by atoms with Gasteiger partial charge in [-0.2, -0.15) is 0 Å². The summed E-state index contributed by atoms with van der Waals surface area (Å²) in [6.45, 7) is 4.44. The molecule has 2 N–H and O–H groups in total. The molecule has 5 fully saturated rings. The van der Waals surface area contributed by atoms with Crippen LogP contribution in [-0.2, 0) is 9.84 Å². The van der Waals surface area contributed by atoms with Crippen LogP contribution in [0.2, 0.25) is 0 Å². The SMILES string of the molecule is C[C@H]1CN(c2ccc(S(C)(=O)=O)cc2)CCN1c1cccc(C(=O)NC2C3CC4CC2CC(O)(C4)C3)n1. The first-order valence-corrected chi connectivity index (χ1v) is 15.3. The van der Waals surface area contributed by atoms with Crippen LogP contribution in [0.3, 0.4) is 0 Å². The van der Waals surface area contributed by atoms with E-state index >= 15 is 0 Å². The van der Waals surface area contributed by atoms with Crippen LogP contribution >= 0.6 is 0 Å². The van der Waals surface area contributed by atoms with Crippen LogP contribution in [0.15, 0.2) is 47.4 Å². The maximum Gasteiger partial charge on any atom is 0.270 e. The van der Waals surface area contributed by atoms with Crippen molar-refractivity contribution in [2.45, 2.75) is 61.6 Å². The number of rotatable bonds is 5. The van der Waals surface area contributed by atoms with Crippen molar-refractivity contribution in [2.24, 2.45) is 17.8 Å². The minimum Gasteiger partial charge on any atom is -0.390 e. The van der Waals surface area contributed by atoms with Gasteiger partial charge in [0, 0.05) is 43.7 Å². The smallest absolute Gasteiger partial charge is 0.270 e. The van der Waals surface area contributed by atoms with Crippen LogP contribution < -0.4 is 15.1 Å². The van der Waals surface area contributed by atoms with Crippen LogP contribution in [-0.4, -0.2) is 68.0 Å². The Hall–Kier alpha value is -2.65. The lowest BCUT2D eigenvalue weighted by Crippen LogP contribution is -2.61. The molecule has 37 heavy (non-hydrogen) atoms. The number of anilines is 2. The fraction of sp³-hybridized carbons (Fsp3) is 0.571. The fourth-order valence-corrected chi connectivity index (χ4v) is 8.22. The zero-order valence-electron chi connectivity index (χ0n) is 21.5. The molecule has 4 bridgehead atoms. The minimum absolute atomic E-state index is 0.122. The number of hydrogen-bond acceptors (Lipinski definition) is 7. The fourth-order valence-electron chi connectivity index (χ4n) is 7.59. The lowest BCUT2D eigenvalue weighted by Gasteiger charge is -2.58. The Morgan fingerprint density at radius 2 is 1.76 bits per heavy atom. The maximum atomic E-state index is 13.3. The van der Waals surface area contributed by atoms with Crippen molar-refractivity contribution in [3.8, 4) is 0 Å². The number of hydrogen-bond donors (Lipinski definition) is 2. The van der Waals surface area contributed by atoms with E-state index in [1.165, 1.54) is 6.26 Å². The van der Waals surface area contributed by atoms with Crippen LogP contribution in [0.25, 0.3) is 0 Å². The number of benzene rings is 1. The van der Waals surface area contributed by atoms with Crippen molar-refractivity contribution in [3.63, 3.8) is 0 Å². The Kier molecular flexibility index (Phi) is 5.99. The van der Waals surface area contributed by atoms with Crippen molar-refractivity contribution in [2.75, 3.05) is 35.7 Å². The molecule has 2 heterocycles. The van der Waals surface area contributed by atoms with Gasteiger partial charge in [-0.05, 0) is 93.2 Å². The second-order valence-corrected chi connectivity index (χ2v) is 13.8. The summed E-state index contributed by atoms with van der Waals surface area (Å²) in [5.74, 6) is 2.01. The van der Waals surface area contributed by atoms with Gasteiger partial charge in [0.1, 0.15) is 11.5 Å². The number of piperazine rings is 1. The van der Waals surface area contributed by atoms with E-state index in [2.05, 4.69) is 22.0 Å². The molecule has 1 aromatic heterocycles. The van der Waals surface area contributed by atoms with Crippen LogP contribution in [0.1, 0.15) is 49.5 Å². The average Bonchev–Trinajstić information content (AvgIpc) is 2.85. The molecular formula is C28H36N4O4S. The summed E-state index contributed by atoms with van der Waals surface area (Å²) in [6.07, 6.45) is 5.97. The molecule has 3 atom stereocenters. The zero-order chi connectivity index (χ0) is 25.9. The number of nitrogens with one attached hydrogen (secondary N) is 1. The Morgan fingerprint density at radius 1 is 1.05 bits per heavy atom. The van der Waals surface area contributed by atoms with Crippen LogP contribution in [0.5, 0.6) is 0 Å². The summed E-state index contributed by atoms with van der Waals surface area (Å²) >= 11 is 0. The molecule has 0 radical (unpaired) electrons. The first-order valence-electron chi connectivity index (χ1n) is 13.4. The molecule has 8 nitrogen and oxygen atoms in total. The monoisotopic (exact) mass is 524 g/mol. The standard InChI is InChI=1S/C28H36N4O4S/c1-18-17-31(22-6-8-23(9-7-22)37(2,35)36)10-11-32(18)25-5-3-4-24(29-25)27(33)30-26-20-12-19-13-21(26)16-28(34,14-19)15-20/h3-9,18-21,26,34H,10-17H2,1-2H3,(H,30,33)/t18-,19?,20?,21?,26?,28?/m0/s1. The zero-order valence-corrected chi connectivity index (χ0v) is 22.3. The van der Waals surface area contributed by atoms with Crippen LogP contribution in [0.4, 0.5) is 11.5 Å². The van der Waals surface area contributed by atoms with Gasteiger partial charge >= 0.3 is 0 Å². The van der Waals surface area contributed by atoms with Gasteiger partial charge in [0.2, 0.25) is 0 Å². The van der Waals surface area contributed by atoms with Crippen molar-refractivity contribution < 1.29 is 18.3 Å². The Bertz CT molecular complexity index is 1280. The number of pyridine rings is 1. The molecule has 4 saturated carbocycles.